The van der Waals surface area contributed by atoms with Crippen molar-refractivity contribution in [1.29, 1.82) is 0 Å². The molecule has 3 N–H and O–H groups in total. The first-order valence-electron chi connectivity index (χ1n) is 43.8. The average Bonchev–Trinajstić information content (AvgIpc) is 1.60. The number of carbonyl (C=O) groups excluding carboxylic acids is 10. The van der Waals surface area contributed by atoms with E-state index in [9.17, 15) is 58.2 Å². The number of methoxy groups -OCH3 is 2. The van der Waals surface area contributed by atoms with E-state index in [1.165, 1.54) is 37.9 Å². The van der Waals surface area contributed by atoms with E-state index in [4.69, 9.17) is 67.9 Å². The molecule has 0 bridgehead atoms. The molecule has 3 aromatic carbocycles. The lowest BCUT2D eigenvalue weighted by atomic mass is 9.73. The number of unbranched alkanes of at least 4 members (excludes halogenated alkanes) is 2. The van der Waals surface area contributed by atoms with E-state index in [1.807, 2.05) is 43.3 Å². The SMILES string of the molecule is CC[C@H]1OC(=O)[C@H](C)C(=O)[C@H](C)[C@@H](OC2OC(C)C(O)C(N(C)C)C2O)[C@@](C)(OC)C[C@@H](C)C(=O)[C@H](C)[C@H]2N(CCCCN=[N+]=[N-])C(=O)O[C@]12C.CC[C@H]1OC(=O)[C@H](C)C(=O)[C@H](C)[C@@H](OC2OC(COC(=O)c3ccccc3)CC(NC(=O)OCC3c4ccccc4-c4ccccc43)C2C)[C@@](C)(OC)C[C@@H](C)C(=O)[C@H](C)[C@H]2N(CCCCN=[N+]=[N-])C(=O)O[C@]12C. The molecule has 6 saturated heterocycles. The number of hydrogen-bond donors (Lipinski definition) is 3. The number of aliphatic hydroxyl groups is 2. The first kappa shape index (κ1) is 99.6. The van der Waals surface area contributed by atoms with Crippen molar-refractivity contribution in [2.45, 2.75) is 282 Å². The molecule has 3 aromatic rings. The molecule has 688 valence electrons. The Morgan fingerprint density at radius 2 is 1.01 bits per heavy atom. The highest BCUT2D eigenvalue weighted by Crippen LogP contribution is 2.49. The van der Waals surface area contributed by atoms with Crippen LogP contribution in [0.25, 0.3) is 32.0 Å². The van der Waals surface area contributed by atoms with Crippen LogP contribution in [-0.4, -0.2) is 260 Å². The summed E-state index contributed by atoms with van der Waals surface area (Å²) in [4.78, 5) is 151. The van der Waals surface area contributed by atoms with Crippen LogP contribution in [0.3, 0.4) is 0 Å². The van der Waals surface area contributed by atoms with Gasteiger partial charge in [0.1, 0.15) is 54.9 Å². The molecule has 0 spiro atoms. The molecule has 6 aliphatic heterocycles. The third kappa shape index (κ3) is 21.8. The van der Waals surface area contributed by atoms with Gasteiger partial charge in [0, 0.05) is 104 Å². The van der Waals surface area contributed by atoms with E-state index in [0.29, 0.717) is 31.2 Å². The molecular formula is C91H130N10O24. The number of nitrogens with one attached hydrogen (secondary N) is 1. The van der Waals surface area contributed by atoms with E-state index in [2.05, 4.69) is 37.5 Å². The molecule has 0 saturated carbocycles. The van der Waals surface area contributed by atoms with Gasteiger partial charge in [-0.2, -0.15) is 0 Å². The number of benzene rings is 3. The van der Waals surface area contributed by atoms with Gasteiger partial charge in [-0.05, 0) is 166 Å². The van der Waals surface area contributed by atoms with Crippen LogP contribution >= 0.6 is 0 Å². The zero-order valence-electron chi connectivity index (χ0n) is 75.9. The largest absolute Gasteiger partial charge is 0.459 e. The fraction of sp³-hybridized carbons (Fsp3) is 0.692. The van der Waals surface area contributed by atoms with Gasteiger partial charge < -0.3 is 87.1 Å². The van der Waals surface area contributed by atoms with Gasteiger partial charge in [-0.1, -0.05) is 139 Å². The Kier molecular flexibility index (Phi) is 34.3. The first-order valence-corrected chi connectivity index (χ1v) is 43.8. The van der Waals surface area contributed by atoms with Crippen LogP contribution in [0.5, 0.6) is 0 Å². The number of rotatable bonds is 25. The molecule has 125 heavy (non-hydrogen) atoms. The molecule has 9 unspecified atom stereocenters. The molecule has 34 heteroatoms. The smallest absolute Gasteiger partial charge is 0.410 e. The lowest BCUT2D eigenvalue weighted by Crippen LogP contribution is -2.64. The quantitative estimate of drug-likeness (QED) is 0.0135. The summed E-state index contributed by atoms with van der Waals surface area (Å²) in [6.45, 7) is 27.6. The summed E-state index contributed by atoms with van der Waals surface area (Å²) in [5, 5.41) is 32.4. The van der Waals surface area contributed by atoms with Gasteiger partial charge >= 0.3 is 36.2 Å². The number of nitrogens with zero attached hydrogens (tertiary/aromatic N) is 9. The van der Waals surface area contributed by atoms with Crippen LogP contribution in [0, 0.1) is 53.3 Å². The predicted molar refractivity (Wildman–Crippen MR) is 456 cm³/mol. The van der Waals surface area contributed by atoms with Gasteiger partial charge in [0.25, 0.3) is 0 Å². The average molecular weight is 1750 g/mol. The van der Waals surface area contributed by atoms with Crippen LogP contribution in [0.2, 0.25) is 0 Å². The summed E-state index contributed by atoms with van der Waals surface area (Å²) >= 11 is 0. The van der Waals surface area contributed by atoms with Crippen molar-refractivity contribution in [1.82, 2.24) is 20.0 Å². The number of alkyl carbamates (subject to hydrolysis) is 1. The number of fused-ring (bicyclic) bond motifs is 5. The predicted octanol–water partition coefficient (Wildman–Crippen LogP) is 12.6. The zero-order valence-corrected chi connectivity index (χ0v) is 75.9. The molecule has 3 amide bonds. The standard InChI is InChI=1S/C56H71N5O13.C35H59N5O11/c1-10-45-56(8)48(61(54(67)74-56)27-19-18-26-58-60-57)34(4)46(62)32(2)29-55(7,68-9)49(35(5)47(63)36(6)50(64)72-45)73-52-33(3)44(28-38(71-52)30-69-51(65)37-20-12-11-13-21-37)59-53(66)70-31-43-41-24-16-14-22-39(41)40-23-15-17-25-42(40)43;1-12-23-35(8)29(40(33(46)51-35)16-14-13-15-37-38-36)19(3)25(41)18(2)17-34(7,47-11)30(20(4)26(42)21(5)31(45)49-23)50-32-28(44)24(39(9)10)27(43)22(6)48-32/h11-17,20-25,32-36,38,43-45,48-49,52H,10,18-19,26-31H2,1-9H3,(H,59,66);18-24,27-30,32,43-44H,12-17H2,1-11H3/t32-,33?,34+,35+,36-,38?,44?,45-,48-,49-,52?,55+,56-;18-,19+,20+,21-,22?,23-,24?,27?,28?,29-,30-,32?,34+,35-/m11/s1. The molecule has 1 aliphatic carbocycles. The van der Waals surface area contributed by atoms with Crippen molar-refractivity contribution in [3.8, 4) is 11.1 Å². The third-order valence-electron chi connectivity index (χ3n) is 27.1. The summed E-state index contributed by atoms with van der Waals surface area (Å²) in [5.41, 5.74) is 16.4. The topological polar surface area (TPSA) is 441 Å². The lowest BCUT2D eigenvalue weighted by molar-refractivity contribution is -0.313. The molecule has 6 heterocycles. The second kappa shape index (κ2) is 43.1. The molecule has 6 fully saturated rings. The number of amides is 3. The highest BCUT2D eigenvalue weighted by atomic mass is 16.7. The zero-order chi connectivity index (χ0) is 92.1. The Bertz CT molecular complexity index is 4350. The minimum Gasteiger partial charge on any atom is -0.459 e. The van der Waals surface area contributed by atoms with Crippen molar-refractivity contribution < 1.29 is 115 Å². The van der Waals surface area contributed by atoms with Crippen molar-refractivity contribution in [3.05, 3.63) is 116 Å². The fourth-order valence-electron chi connectivity index (χ4n) is 20.0. The molecule has 10 rings (SSSR count). The van der Waals surface area contributed by atoms with E-state index < -0.39 is 209 Å². The second-order valence-electron chi connectivity index (χ2n) is 35.8. The Morgan fingerprint density at radius 3 is 1.44 bits per heavy atom. The number of carbonyl (C=O) groups is 10. The Hall–Kier alpha value is -9.18. The van der Waals surface area contributed by atoms with Crippen LogP contribution in [0.4, 0.5) is 14.4 Å². The molecular weight excluding hydrogens is 1620 g/mol. The van der Waals surface area contributed by atoms with Gasteiger partial charge in [-0.3, -0.25) is 28.8 Å². The third-order valence-corrected chi connectivity index (χ3v) is 27.1. The number of ether oxygens (including phenoxy) is 12. The van der Waals surface area contributed by atoms with Gasteiger partial charge in [-0.15, -0.1) is 0 Å². The van der Waals surface area contributed by atoms with Crippen molar-refractivity contribution in [2.75, 3.05) is 67.7 Å². The molecule has 27 atom stereocenters. The molecule has 0 radical (unpaired) electrons. The van der Waals surface area contributed by atoms with Crippen LogP contribution in [0.15, 0.2) is 89.1 Å². The normalized spacial score (nSPS) is 35.5. The van der Waals surface area contributed by atoms with Gasteiger partial charge in [0.15, 0.2) is 35.3 Å². The summed E-state index contributed by atoms with van der Waals surface area (Å²) in [6.07, 6.45) is -10.2. The summed E-state index contributed by atoms with van der Waals surface area (Å²) in [5.74, 6) is -12.4. The van der Waals surface area contributed by atoms with Crippen LogP contribution in [-0.2, 0) is 85.6 Å². The highest BCUT2D eigenvalue weighted by molar-refractivity contribution is 6.01. The number of aliphatic hydroxyl groups excluding tert-OH is 2. The Labute approximate surface area is 732 Å². The maximum absolute atomic E-state index is 14.9. The first-order chi connectivity index (χ1) is 59.2. The maximum Gasteiger partial charge on any atom is 0.410 e. The van der Waals surface area contributed by atoms with Crippen molar-refractivity contribution in [3.63, 3.8) is 0 Å². The number of azide groups is 2. The van der Waals surface area contributed by atoms with E-state index in [-0.39, 0.29) is 89.0 Å². The highest BCUT2D eigenvalue weighted by Gasteiger charge is 2.63. The van der Waals surface area contributed by atoms with Gasteiger partial charge in [0.05, 0.1) is 65.4 Å². The second-order valence-corrected chi connectivity index (χ2v) is 35.8. The summed E-state index contributed by atoms with van der Waals surface area (Å²) in [6, 6.07) is 21.4. The number of hydrogen-bond acceptors (Lipinski definition) is 27. The number of cyclic esters (lactones) is 2. The van der Waals surface area contributed by atoms with Crippen LogP contribution < -0.4 is 5.32 Å². The monoisotopic (exact) mass is 1750 g/mol. The van der Waals surface area contributed by atoms with Crippen molar-refractivity contribution in [2.24, 2.45) is 63.5 Å². The van der Waals surface area contributed by atoms with E-state index in [1.54, 1.807) is 139 Å². The summed E-state index contributed by atoms with van der Waals surface area (Å²) < 4.78 is 74.5. The van der Waals surface area contributed by atoms with Crippen molar-refractivity contribution >= 4 is 59.3 Å². The molecule has 0 aromatic heterocycles. The minimum atomic E-state index is -1.49. The number of likely N-dealkylation sites (N-methyl/N-ethyl adjacent to an activating group) is 1. The van der Waals surface area contributed by atoms with Crippen LogP contribution in [0.1, 0.15) is 196 Å². The van der Waals surface area contributed by atoms with E-state index >= 15 is 0 Å². The fourth-order valence-corrected chi connectivity index (χ4v) is 20.0. The van der Waals surface area contributed by atoms with Gasteiger partial charge in [-0.25, -0.2) is 19.2 Å². The number of Topliss-reactive ketones (excluding diaryl/α,β-unsaturated/α-hetero) is 4. The summed E-state index contributed by atoms with van der Waals surface area (Å²) in [7, 11) is 6.32. The lowest BCUT2D eigenvalue weighted by Gasteiger charge is -2.48. The van der Waals surface area contributed by atoms with E-state index in [0.717, 1.165) is 22.3 Å². The maximum atomic E-state index is 14.9. The number of esters is 3. The molecule has 7 aliphatic rings. The Balaban J connectivity index is 0.000000304. The number of ketones is 4. The Morgan fingerprint density at radius 1 is 0.568 bits per heavy atom. The minimum absolute atomic E-state index is 0.0239. The molecule has 34 nitrogen and oxygen atoms in total. The van der Waals surface area contributed by atoms with Gasteiger partial charge in [0.2, 0.25) is 0 Å².